The summed E-state index contributed by atoms with van der Waals surface area (Å²) in [6, 6.07) is 10.0. The van der Waals surface area contributed by atoms with E-state index in [9.17, 15) is 4.39 Å². The Balaban J connectivity index is 2.22. The Kier molecular flexibility index (Phi) is 5.13. The first-order valence-electron chi connectivity index (χ1n) is 5.50. The lowest BCUT2D eigenvalue weighted by Crippen LogP contribution is -1.99. The standard InChI is InChI=1S/C14H9BrCl3F/c15-9-2-4-14(19)10(7-9)12(17)5-8-1-3-11(16)13(18)6-8/h1-4,6-7,12H,5H2. The summed E-state index contributed by atoms with van der Waals surface area (Å²) in [6.07, 6.45) is 0.478. The normalized spacial score (nSPS) is 12.5. The zero-order valence-corrected chi connectivity index (χ0v) is 13.5. The molecule has 0 aliphatic heterocycles. The van der Waals surface area contributed by atoms with E-state index in [1.54, 1.807) is 24.3 Å². The van der Waals surface area contributed by atoms with Crippen LogP contribution in [0, 0.1) is 5.82 Å². The molecule has 0 nitrogen and oxygen atoms in total. The SMILES string of the molecule is Fc1ccc(Br)cc1C(Cl)Cc1ccc(Cl)c(Cl)c1. The Morgan fingerprint density at radius 2 is 1.79 bits per heavy atom. The predicted molar refractivity (Wildman–Crippen MR) is 82.9 cm³/mol. The Morgan fingerprint density at radius 1 is 1.05 bits per heavy atom. The van der Waals surface area contributed by atoms with Crippen LogP contribution in [0.2, 0.25) is 10.0 Å². The van der Waals surface area contributed by atoms with Crippen molar-refractivity contribution in [1.82, 2.24) is 0 Å². The largest absolute Gasteiger partial charge is 0.207 e. The summed E-state index contributed by atoms with van der Waals surface area (Å²) in [7, 11) is 0. The molecule has 2 aromatic rings. The van der Waals surface area contributed by atoms with Gasteiger partial charge in [-0.15, -0.1) is 11.6 Å². The predicted octanol–water partition coefficient (Wildman–Crippen LogP) is 6.42. The summed E-state index contributed by atoms with van der Waals surface area (Å²) in [5.74, 6) is -0.316. The fourth-order valence-corrected chi connectivity index (χ4v) is 2.78. The number of alkyl halides is 1. The van der Waals surface area contributed by atoms with Gasteiger partial charge in [0.05, 0.1) is 15.4 Å². The molecule has 0 fully saturated rings. The lowest BCUT2D eigenvalue weighted by molar-refractivity contribution is 0.605. The Labute approximate surface area is 134 Å². The molecule has 0 aliphatic carbocycles. The summed E-state index contributed by atoms with van der Waals surface area (Å²) >= 11 is 21.4. The second-order valence-electron chi connectivity index (χ2n) is 4.09. The van der Waals surface area contributed by atoms with Gasteiger partial charge < -0.3 is 0 Å². The summed E-state index contributed by atoms with van der Waals surface area (Å²) in [5, 5.41) is 0.498. The van der Waals surface area contributed by atoms with Crippen LogP contribution in [-0.4, -0.2) is 0 Å². The zero-order chi connectivity index (χ0) is 14.0. The van der Waals surface area contributed by atoms with E-state index >= 15 is 0 Å². The molecule has 100 valence electrons. The van der Waals surface area contributed by atoms with Gasteiger partial charge in [-0.1, -0.05) is 45.2 Å². The fourth-order valence-electron chi connectivity index (χ4n) is 1.74. The monoisotopic (exact) mass is 380 g/mol. The third kappa shape index (κ3) is 3.85. The van der Waals surface area contributed by atoms with Crippen LogP contribution in [0.5, 0.6) is 0 Å². The van der Waals surface area contributed by atoms with Crippen LogP contribution in [0.3, 0.4) is 0 Å². The van der Waals surface area contributed by atoms with Crippen molar-refractivity contribution in [2.75, 3.05) is 0 Å². The van der Waals surface area contributed by atoms with E-state index in [4.69, 9.17) is 34.8 Å². The van der Waals surface area contributed by atoms with Crippen molar-refractivity contribution in [2.45, 2.75) is 11.8 Å². The van der Waals surface area contributed by atoms with Crippen LogP contribution in [0.25, 0.3) is 0 Å². The number of benzene rings is 2. The molecule has 1 atom stereocenters. The minimum absolute atomic E-state index is 0.316. The van der Waals surface area contributed by atoms with Crippen molar-refractivity contribution in [2.24, 2.45) is 0 Å². The van der Waals surface area contributed by atoms with Crippen molar-refractivity contribution in [3.8, 4) is 0 Å². The average molecular weight is 382 g/mol. The first-order valence-corrected chi connectivity index (χ1v) is 7.49. The highest BCUT2D eigenvalue weighted by molar-refractivity contribution is 9.10. The number of hydrogen-bond acceptors (Lipinski definition) is 0. The third-order valence-electron chi connectivity index (χ3n) is 2.69. The second-order valence-corrected chi connectivity index (χ2v) is 6.34. The van der Waals surface area contributed by atoms with Crippen LogP contribution in [0.15, 0.2) is 40.9 Å². The van der Waals surface area contributed by atoms with Crippen molar-refractivity contribution < 1.29 is 4.39 Å². The summed E-state index contributed by atoms with van der Waals surface area (Å²) in [5.41, 5.74) is 1.37. The molecule has 0 aliphatic rings. The van der Waals surface area contributed by atoms with Crippen molar-refractivity contribution in [3.63, 3.8) is 0 Å². The lowest BCUT2D eigenvalue weighted by atomic mass is 10.0. The fraction of sp³-hybridized carbons (Fsp3) is 0.143. The van der Waals surface area contributed by atoms with E-state index in [0.29, 0.717) is 22.0 Å². The van der Waals surface area contributed by atoms with Crippen LogP contribution < -0.4 is 0 Å². The Hall–Kier alpha value is -0.280. The molecule has 2 rings (SSSR count). The van der Waals surface area contributed by atoms with Crippen LogP contribution in [0.1, 0.15) is 16.5 Å². The third-order valence-corrected chi connectivity index (χ3v) is 4.32. The van der Waals surface area contributed by atoms with Crippen molar-refractivity contribution >= 4 is 50.7 Å². The van der Waals surface area contributed by atoms with Gasteiger partial charge in [-0.2, -0.15) is 0 Å². The number of hydrogen-bond donors (Lipinski definition) is 0. The number of halogens is 5. The van der Waals surface area contributed by atoms with Gasteiger partial charge in [-0.3, -0.25) is 0 Å². The molecule has 0 spiro atoms. The van der Waals surface area contributed by atoms with Gasteiger partial charge in [0.15, 0.2) is 0 Å². The van der Waals surface area contributed by atoms with E-state index in [1.807, 2.05) is 6.07 Å². The van der Waals surface area contributed by atoms with Crippen molar-refractivity contribution in [1.29, 1.82) is 0 Å². The molecule has 0 radical (unpaired) electrons. The molecular weight excluding hydrogens is 373 g/mol. The molecule has 2 aromatic carbocycles. The molecule has 0 saturated carbocycles. The smallest absolute Gasteiger partial charge is 0.127 e. The maximum Gasteiger partial charge on any atom is 0.127 e. The highest BCUT2D eigenvalue weighted by atomic mass is 79.9. The molecule has 5 heteroatoms. The maximum absolute atomic E-state index is 13.7. The Bertz CT molecular complexity index is 601. The molecule has 0 bridgehead atoms. The first-order chi connectivity index (χ1) is 8.97. The van der Waals surface area contributed by atoms with Crippen LogP contribution in [-0.2, 0) is 6.42 Å². The average Bonchev–Trinajstić information content (AvgIpc) is 2.36. The zero-order valence-electron chi connectivity index (χ0n) is 9.64. The molecule has 0 amide bonds. The summed E-state index contributed by atoms with van der Waals surface area (Å²) in [4.78, 5) is 0. The highest BCUT2D eigenvalue weighted by Crippen LogP contribution is 2.31. The van der Waals surface area contributed by atoms with Gasteiger partial charge in [0, 0.05) is 10.0 Å². The molecule has 0 N–H and O–H groups in total. The molecule has 1 unspecified atom stereocenters. The van der Waals surface area contributed by atoms with E-state index in [-0.39, 0.29) is 5.82 Å². The first kappa shape index (κ1) is 15.1. The maximum atomic E-state index is 13.7. The highest BCUT2D eigenvalue weighted by Gasteiger charge is 2.14. The Morgan fingerprint density at radius 3 is 2.47 bits per heavy atom. The van der Waals surface area contributed by atoms with E-state index in [1.165, 1.54) is 6.07 Å². The van der Waals surface area contributed by atoms with Crippen molar-refractivity contribution in [3.05, 3.63) is 67.9 Å². The second kappa shape index (κ2) is 6.45. The van der Waals surface area contributed by atoms with Gasteiger partial charge in [-0.25, -0.2) is 4.39 Å². The molecular formula is C14H9BrCl3F. The van der Waals surface area contributed by atoms with Gasteiger partial charge in [0.25, 0.3) is 0 Å². The van der Waals surface area contributed by atoms with Gasteiger partial charge in [-0.05, 0) is 42.3 Å². The molecule has 19 heavy (non-hydrogen) atoms. The molecule has 0 aromatic heterocycles. The van der Waals surface area contributed by atoms with Crippen LogP contribution in [0.4, 0.5) is 4.39 Å². The van der Waals surface area contributed by atoms with Gasteiger partial charge >= 0.3 is 0 Å². The topological polar surface area (TPSA) is 0 Å². The van der Waals surface area contributed by atoms with Gasteiger partial charge in [0.2, 0.25) is 0 Å². The quantitative estimate of drug-likeness (QED) is 0.538. The summed E-state index contributed by atoms with van der Waals surface area (Å²) < 4.78 is 14.5. The lowest BCUT2D eigenvalue weighted by Gasteiger charge is -2.12. The summed E-state index contributed by atoms with van der Waals surface area (Å²) in [6.45, 7) is 0. The number of rotatable bonds is 3. The van der Waals surface area contributed by atoms with Gasteiger partial charge in [0.1, 0.15) is 5.82 Å². The van der Waals surface area contributed by atoms with E-state index in [0.717, 1.165) is 10.0 Å². The minimum Gasteiger partial charge on any atom is -0.207 e. The molecule has 0 heterocycles. The van der Waals surface area contributed by atoms with Crippen LogP contribution >= 0.6 is 50.7 Å². The minimum atomic E-state index is -0.463. The van der Waals surface area contributed by atoms with E-state index in [2.05, 4.69) is 15.9 Å². The molecule has 0 saturated heterocycles. The van der Waals surface area contributed by atoms with E-state index < -0.39 is 5.38 Å².